The molecule has 0 spiro atoms. The Labute approximate surface area is 119 Å². The fraction of sp³-hybridized carbons (Fsp3) is 0.154. The molecule has 0 unspecified atom stereocenters. The van der Waals surface area contributed by atoms with Crippen LogP contribution in [0.5, 0.6) is 11.6 Å². The van der Waals surface area contributed by atoms with Gasteiger partial charge in [-0.25, -0.2) is 0 Å². The Morgan fingerprint density at radius 1 is 1.47 bits per heavy atom. The predicted molar refractivity (Wildman–Crippen MR) is 77.2 cm³/mol. The van der Waals surface area contributed by atoms with Crippen molar-refractivity contribution in [2.45, 2.75) is 13.5 Å². The molecule has 0 radical (unpaired) electrons. The number of benzene rings is 1. The summed E-state index contributed by atoms with van der Waals surface area (Å²) in [4.78, 5) is 5.28. The van der Waals surface area contributed by atoms with Gasteiger partial charge in [0.1, 0.15) is 11.4 Å². The first kappa shape index (κ1) is 12.5. The van der Waals surface area contributed by atoms with Crippen LogP contribution < -0.4 is 10.5 Å². The zero-order chi connectivity index (χ0) is 13.4. The lowest BCUT2D eigenvalue weighted by Crippen LogP contribution is -2.01. The standard InChI is InChI=1S/C13H12ClN3OS/c1-8-2-3-11(9(14)6-8)18-12-10(7-15)17-4-5-19-13(17)16-12/h2-6H,7,15H2,1H3. The zero-order valence-electron chi connectivity index (χ0n) is 10.3. The van der Waals surface area contributed by atoms with Crippen LogP contribution in [0.25, 0.3) is 4.96 Å². The lowest BCUT2D eigenvalue weighted by Gasteiger charge is -2.07. The molecule has 0 aliphatic rings. The molecule has 3 aromatic rings. The van der Waals surface area contributed by atoms with Crippen LogP contribution in [0, 0.1) is 6.92 Å². The fourth-order valence-corrected chi connectivity index (χ4v) is 2.87. The van der Waals surface area contributed by atoms with Crippen LogP contribution in [-0.4, -0.2) is 9.38 Å². The van der Waals surface area contributed by atoms with E-state index in [9.17, 15) is 0 Å². The van der Waals surface area contributed by atoms with E-state index >= 15 is 0 Å². The summed E-state index contributed by atoms with van der Waals surface area (Å²) < 4.78 is 7.72. The summed E-state index contributed by atoms with van der Waals surface area (Å²) in [7, 11) is 0. The van der Waals surface area contributed by atoms with Gasteiger partial charge in [-0.2, -0.15) is 4.98 Å². The largest absolute Gasteiger partial charge is 0.436 e. The molecule has 0 saturated heterocycles. The van der Waals surface area contributed by atoms with Crippen molar-refractivity contribution in [1.29, 1.82) is 0 Å². The zero-order valence-corrected chi connectivity index (χ0v) is 11.8. The number of aromatic nitrogens is 2. The summed E-state index contributed by atoms with van der Waals surface area (Å²) in [6, 6.07) is 5.64. The van der Waals surface area contributed by atoms with E-state index in [1.807, 2.05) is 41.1 Å². The van der Waals surface area contributed by atoms with Crippen molar-refractivity contribution >= 4 is 27.9 Å². The third-order valence-corrected chi connectivity index (χ3v) is 3.86. The number of halogens is 1. The highest BCUT2D eigenvalue weighted by Crippen LogP contribution is 2.32. The number of hydrogen-bond acceptors (Lipinski definition) is 4. The first-order valence-electron chi connectivity index (χ1n) is 5.77. The summed E-state index contributed by atoms with van der Waals surface area (Å²) in [5.74, 6) is 1.10. The molecule has 0 bridgehead atoms. The van der Waals surface area contributed by atoms with E-state index in [1.54, 1.807) is 0 Å². The van der Waals surface area contributed by atoms with E-state index < -0.39 is 0 Å². The highest BCUT2D eigenvalue weighted by molar-refractivity contribution is 7.15. The molecule has 4 nitrogen and oxygen atoms in total. The highest BCUT2D eigenvalue weighted by Gasteiger charge is 2.15. The Morgan fingerprint density at radius 3 is 3.05 bits per heavy atom. The molecule has 6 heteroatoms. The van der Waals surface area contributed by atoms with Gasteiger partial charge in [0, 0.05) is 18.1 Å². The lowest BCUT2D eigenvalue weighted by molar-refractivity contribution is 0.459. The molecule has 2 heterocycles. The average molecular weight is 294 g/mol. The minimum atomic E-state index is 0.358. The monoisotopic (exact) mass is 293 g/mol. The second-order valence-corrected chi connectivity index (χ2v) is 5.44. The SMILES string of the molecule is Cc1ccc(Oc2nc3sccn3c2CN)c(Cl)c1. The minimum absolute atomic E-state index is 0.358. The number of fused-ring (bicyclic) bond motifs is 1. The van der Waals surface area contributed by atoms with Crippen LogP contribution in [0.4, 0.5) is 0 Å². The van der Waals surface area contributed by atoms with E-state index in [4.69, 9.17) is 22.1 Å². The van der Waals surface area contributed by atoms with Crippen molar-refractivity contribution in [2.24, 2.45) is 5.73 Å². The van der Waals surface area contributed by atoms with Crippen LogP contribution in [0.15, 0.2) is 29.8 Å². The van der Waals surface area contributed by atoms with Gasteiger partial charge in [-0.1, -0.05) is 17.7 Å². The highest BCUT2D eigenvalue weighted by atomic mass is 35.5. The quantitative estimate of drug-likeness (QED) is 0.802. The van der Waals surface area contributed by atoms with Crippen LogP contribution in [0.1, 0.15) is 11.3 Å². The van der Waals surface area contributed by atoms with E-state index in [1.165, 1.54) is 11.3 Å². The van der Waals surface area contributed by atoms with Crippen molar-refractivity contribution in [2.75, 3.05) is 0 Å². The Bertz CT molecular complexity index is 735. The third kappa shape index (κ3) is 2.20. The summed E-state index contributed by atoms with van der Waals surface area (Å²) in [6.07, 6.45) is 1.93. The molecule has 3 rings (SSSR count). The van der Waals surface area contributed by atoms with Crippen molar-refractivity contribution < 1.29 is 4.74 Å². The van der Waals surface area contributed by atoms with E-state index in [2.05, 4.69) is 4.98 Å². The maximum absolute atomic E-state index is 6.16. The maximum atomic E-state index is 6.16. The molecule has 2 N–H and O–H groups in total. The molecule has 0 aliphatic carbocycles. The van der Waals surface area contributed by atoms with Crippen LogP contribution in [0.3, 0.4) is 0 Å². The molecule has 0 atom stereocenters. The Hall–Kier alpha value is -1.56. The van der Waals surface area contributed by atoms with Gasteiger partial charge in [-0.3, -0.25) is 4.40 Å². The molecule has 0 fully saturated rings. The third-order valence-electron chi connectivity index (χ3n) is 2.81. The first-order valence-corrected chi connectivity index (χ1v) is 7.03. The van der Waals surface area contributed by atoms with Crippen molar-refractivity contribution in [3.05, 3.63) is 46.1 Å². The number of hydrogen-bond donors (Lipinski definition) is 1. The summed E-state index contributed by atoms with van der Waals surface area (Å²) in [6.45, 7) is 2.34. The Kier molecular flexibility index (Phi) is 3.18. The molecule has 98 valence electrons. The molecule has 2 aromatic heterocycles. The van der Waals surface area contributed by atoms with Crippen molar-refractivity contribution in [3.63, 3.8) is 0 Å². The number of nitrogens with two attached hydrogens (primary N) is 1. The van der Waals surface area contributed by atoms with Gasteiger partial charge in [-0.15, -0.1) is 11.3 Å². The number of nitrogens with zero attached hydrogens (tertiary/aromatic N) is 2. The van der Waals surface area contributed by atoms with Gasteiger partial charge in [0.05, 0.1) is 5.02 Å². The molecule has 0 aliphatic heterocycles. The fourth-order valence-electron chi connectivity index (χ4n) is 1.87. The number of rotatable bonds is 3. The molecular formula is C13H12ClN3OS. The van der Waals surface area contributed by atoms with E-state index in [0.29, 0.717) is 23.2 Å². The second-order valence-electron chi connectivity index (χ2n) is 4.16. The Morgan fingerprint density at radius 2 is 2.32 bits per heavy atom. The van der Waals surface area contributed by atoms with Crippen LogP contribution in [0.2, 0.25) is 5.02 Å². The smallest absolute Gasteiger partial charge is 0.243 e. The van der Waals surface area contributed by atoms with Crippen LogP contribution >= 0.6 is 22.9 Å². The van der Waals surface area contributed by atoms with Gasteiger partial charge < -0.3 is 10.5 Å². The topological polar surface area (TPSA) is 52.5 Å². The van der Waals surface area contributed by atoms with Crippen molar-refractivity contribution in [1.82, 2.24) is 9.38 Å². The number of aryl methyl sites for hydroxylation is 1. The lowest BCUT2D eigenvalue weighted by atomic mass is 10.2. The number of imidazole rings is 1. The van der Waals surface area contributed by atoms with Crippen molar-refractivity contribution in [3.8, 4) is 11.6 Å². The normalized spacial score (nSPS) is 11.1. The van der Waals surface area contributed by atoms with Crippen LogP contribution in [-0.2, 0) is 6.54 Å². The molecule has 0 saturated carbocycles. The van der Waals surface area contributed by atoms with Gasteiger partial charge in [-0.05, 0) is 24.6 Å². The summed E-state index contributed by atoms with van der Waals surface area (Å²) in [5.41, 5.74) is 7.69. The average Bonchev–Trinajstić information content (AvgIpc) is 2.92. The van der Waals surface area contributed by atoms with Gasteiger partial charge in [0.2, 0.25) is 5.88 Å². The van der Waals surface area contributed by atoms with Gasteiger partial charge >= 0.3 is 0 Å². The molecule has 0 amide bonds. The molecule has 19 heavy (non-hydrogen) atoms. The Balaban J connectivity index is 2.02. The summed E-state index contributed by atoms with van der Waals surface area (Å²) in [5, 5.41) is 2.53. The number of thiazole rings is 1. The second kappa shape index (κ2) is 4.85. The maximum Gasteiger partial charge on any atom is 0.243 e. The minimum Gasteiger partial charge on any atom is -0.436 e. The van der Waals surface area contributed by atoms with Gasteiger partial charge in [0.25, 0.3) is 0 Å². The van der Waals surface area contributed by atoms with E-state index in [0.717, 1.165) is 16.2 Å². The number of ether oxygens (including phenoxy) is 1. The van der Waals surface area contributed by atoms with E-state index in [-0.39, 0.29) is 0 Å². The molecule has 1 aromatic carbocycles. The molecular weight excluding hydrogens is 282 g/mol. The summed E-state index contributed by atoms with van der Waals surface area (Å²) >= 11 is 7.70. The van der Waals surface area contributed by atoms with Gasteiger partial charge in [0.15, 0.2) is 4.96 Å². The predicted octanol–water partition coefficient (Wildman–Crippen LogP) is 3.61. The first-order chi connectivity index (χ1) is 9.19.